The van der Waals surface area contributed by atoms with Gasteiger partial charge in [0.1, 0.15) is 11.5 Å². The molecule has 0 spiro atoms. The molecule has 6 heteroatoms. The molecule has 0 aromatic heterocycles. The summed E-state index contributed by atoms with van der Waals surface area (Å²) in [4.78, 5) is 15.5. The van der Waals surface area contributed by atoms with Gasteiger partial charge in [-0.1, -0.05) is 0 Å². The van der Waals surface area contributed by atoms with Crippen molar-refractivity contribution < 1.29 is 19.4 Å². The highest BCUT2D eigenvalue weighted by atomic mass is 16.5. The maximum atomic E-state index is 11.3. The number of aliphatic hydroxyl groups is 1. The molecule has 1 saturated heterocycles. The molecule has 1 N–H and O–H groups in total. The number of methoxy groups -OCH3 is 2. The van der Waals surface area contributed by atoms with Gasteiger partial charge < -0.3 is 19.5 Å². The number of nitrogens with zero attached hydrogens (tertiary/aromatic N) is 2. The molecule has 23 heavy (non-hydrogen) atoms. The van der Waals surface area contributed by atoms with E-state index in [9.17, 15) is 9.90 Å². The number of piperazine rings is 1. The summed E-state index contributed by atoms with van der Waals surface area (Å²) in [5.74, 6) is 1.48. The van der Waals surface area contributed by atoms with Crippen LogP contribution < -0.4 is 9.47 Å². The zero-order chi connectivity index (χ0) is 16.8. The van der Waals surface area contributed by atoms with Crippen LogP contribution in [0.3, 0.4) is 0 Å². The van der Waals surface area contributed by atoms with E-state index in [1.165, 1.54) is 0 Å². The van der Waals surface area contributed by atoms with Crippen molar-refractivity contribution in [2.75, 3.05) is 46.9 Å². The first kappa shape index (κ1) is 17.6. The molecule has 1 heterocycles. The second-order valence-corrected chi connectivity index (χ2v) is 5.76. The highest BCUT2D eigenvalue weighted by molar-refractivity contribution is 5.73. The molecule has 128 valence electrons. The Morgan fingerprint density at radius 3 is 2.48 bits per heavy atom. The van der Waals surface area contributed by atoms with Gasteiger partial charge in [0, 0.05) is 51.3 Å². The lowest BCUT2D eigenvalue weighted by Crippen LogP contribution is -2.48. The molecule has 0 bridgehead atoms. The van der Waals surface area contributed by atoms with Crippen LogP contribution in [0.1, 0.15) is 25.0 Å². The Balaban J connectivity index is 1.88. The quantitative estimate of drug-likeness (QED) is 0.855. The standard InChI is InChI=1S/C17H26N2O4/c1-13(20)19-10-8-18(9-11-19)7-6-16(21)15-5-4-14(22-2)12-17(15)23-3/h4-5,12,16,21H,6-11H2,1-3H3. The lowest BCUT2D eigenvalue weighted by molar-refractivity contribution is -0.130. The van der Waals surface area contributed by atoms with Gasteiger partial charge in [-0.2, -0.15) is 0 Å². The zero-order valence-corrected chi connectivity index (χ0v) is 14.1. The van der Waals surface area contributed by atoms with E-state index in [2.05, 4.69) is 4.90 Å². The first-order chi connectivity index (χ1) is 11.0. The summed E-state index contributed by atoms with van der Waals surface area (Å²) >= 11 is 0. The van der Waals surface area contributed by atoms with Crippen molar-refractivity contribution >= 4 is 5.91 Å². The summed E-state index contributed by atoms with van der Waals surface area (Å²) in [6.45, 7) is 5.63. The maximum Gasteiger partial charge on any atom is 0.219 e. The molecule has 0 saturated carbocycles. The van der Waals surface area contributed by atoms with E-state index in [1.807, 2.05) is 17.0 Å². The van der Waals surface area contributed by atoms with Gasteiger partial charge in [0.05, 0.1) is 20.3 Å². The van der Waals surface area contributed by atoms with Crippen molar-refractivity contribution in [3.8, 4) is 11.5 Å². The fourth-order valence-corrected chi connectivity index (χ4v) is 2.84. The van der Waals surface area contributed by atoms with Crippen LogP contribution in [0.15, 0.2) is 18.2 Å². The van der Waals surface area contributed by atoms with Crippen LogP contribution in [0.5, 0.6) is 11.5 Å². The summed E-state index contributed by atoms with van der Waals surface area (Å²) in [7, 11) is 3.19. The summed E-state index contributed by atoms with van der Waals surface area (Å²) in [5, 5.41) is 10.5. The topological polar surface area (TPSA) is 62.2 Å². The van der Waals surface area contributed by atoms with E-state index in [0.717, 1.165) is 38.3 Å². The van der Waals surface area contributed by atoms with Gasteiger partial charge in [-0.05, 0) is 18.6 Å². The van der Waals surface area contributed by atoms with E-state index >= 15 is 0 Å². The van der Waals surface area contributed by atoms with Gasteiger partial charge in [-0.15, -0.1) is 0 Å². The second kappa shape index (κ2) is 8.17. The number of hydrogen-bond acceptors (Lipinski definition) is 5. The van der Waals surface area contributed by atoms with Gasteiger partial charge >= 0.3 is 0 Å². The SMILES string of the molecule is COc1ccc(C(O)CCN2CCN(C(C)=O)CC2)c(OC)c1. The van der Waals surface area contributed by atoms with E-state index in [1.54, 1.807) is 27.2 Å². The lowest BCUT2D eigenvalue weighted by atomic mass is 10.0. The number of carbonyl (C=O) groups is 1. The number of benzene rings is 1. The van der Waals surface area contributed by atoms with Gasteiger partial charge in [-0.3, -0.25) is 9.69 Å². The van der Waals surface area contributed by atoms with Crippen molar-refractivity contribution in [1.82, 2.24) is 9.80 Å². The van der Waals surface area contributed by atoms with Gasteiger partial charge in [0.2, 0.25) is 5.91 Å². The third-order valence-electron chi connectivity index (χ3n) is 4.34. The normalized spacial score (nSPS) is 17.0. The molecule has 1 unspecified atom stereocenters. The first-order valence-corrected chi connectivity index (χ1v) is 7.93. The van der Waals surface area contributed by atoms with Gasteiger partial charge in [0.25, 0.3) is 0 Å². The van der Waals surface area contributed by atoms with Crippen LogP contribution in [0.25, 0.3) is 0 Å². The van der Waals surface area contributed by atoms with E-state index in [-0.39, 0.29) is 5.91 Å². The van der Waals surface area contributed by atoms with E-state index in [4.69, 9.17) is 9.47 Å². The highest BCUT2D eigenvalue weighted by Crippen LogP contribution is 2.31. The third-order valence-corrected chi connectivity index (χ3v) is 4.34. The fraction of sp³-hybridized carbons (Fsp3) is 0.588. The van der Waals surface area contributed by atoms with Crippen LogP contribution >= 0.6 is 0 Å². The average molecular weight is 322 g/mol. The average Bonchev–Trinajstić information content (AvgIpc) is 2.59. The Morgan fingerprint density at radius 2 is 1.91 bits per heavy atom. The lowest BCUT2D eigenvalue weighted by Gasteiger charge is -2.34. The number of carbonyl (C=O) groups excluding carboxylic acids is 1. The van der Waals surface area contributed by atoms with Crippen LogP contribution in [0.4, 0.5) is 0 Å². The van der Waals surface area contributed by atoms with Gasteiger partial charge in [-0.25, -0.2) is 0 Å². The number of amides is 1. The molecule has 2 rings (SSSR count). The fourth-order valence-electron chi connectivity index (χ4n) is 2.84. The molecule has 0 aliphatic carbocycles. The second-order valence-electron chi connectivity index (χ2n) is 5.76. The van der Waals surface area contributed by atoms with Crippen molar-refractivity contribution in [3.63, 3.8) is 0 Å². The predicted octanol–water partition coefficient (Wildman–Crippen LogP) is 1.29. The van der Waals surface area contributed by atoms with Crippen molar-refractivity contribution in [3.05, 3.63) is 23.8 Å². The molecule has 1 aromatic rings. The molecular formula is C17H26N2O4. The van der Waals surface area contributed by atoms with Crippen LogP contribution in [0, 0.1) is 0 Å². The van der Waals surface area contributed by atoms with Crippen LogP contribution in [-0.4, -0.2) is 67.8 Å². The van der Waals surface area contributed by atoms with E-state index in [0.29, 0.717) is 17.9 Å². The smallest absolute Gasteiger partial charge is 0.219 e. The minimum atomic E-state index is -0.582. The summed E-state index contributed by atoms with van der Waals surface area (Å²) in [6, 6.07) is 5.45. The summed E-state index contributed by atoms with van der Waals surface area (Å²) < 4.78 is 10.5. The first-order valence-electron chi connectivity index (χ1n) is 7.93. The molecular weight excluding hydrogens is 296 g/mol. The Hall–Kier alpha value is -1.79. The number of ether oxygens (including phenoxy) is 2. The largest absolute Gasteiger partial charge is 0.497 e. The molecule has 1 aromatic carbocycles. The number of hydrogen-bond donors (Lipinski definition) is 1. The van der Waals surface area contributed by atoms with E-state index < -0.39 is 6.10 Å². The minimum Gasteiger partial charge on any atom is -0.497 e. The molecule has 6 nitrogen and oxygen atoms in total. The summed E-state index contributed by atoms with van der Waals surface area (Å²) in [6.07, 6.45) is 0.0460. The Kier molecular flexibility index (Phi) is 6.24. The third kappa shape index (κ3) is 4.59. The summed E-state index contributed by atoms with van der Waals surface area (Å²) in [5.41, 5.74) is 0.774. The zero-order valence-electron chi connectivity index (χ0n) is 14.1. The molecule has 1 amide bonds. The Labute approximate surface area is 137 Å². The monoisotopic (exact) mass is 322 g/mol. The Bertz CT molecular complexity index is 527. The van der Waals surface area contributed by atoms with Crippen molar-refractivity contribution in [2.45, 2.75) is 19.4 Å². The number of aliphatic hydroxyl groups excluding tert-OH is 1. The van der Waals surface area contributed by atoms with Gasteiger partial charge in [0.15, 0.2) is 0 Å². The van der Waals surface area contributed by atoms with Crippen molar-refractivity contribution in [2.24, 2.45) is 0 Å². The van der Waals surface area contributed by atoms with Crippen LogP contribution in [-0.2, 0) is 4.79 Å². The molecule has 1 atom stereocenters. The highest BCUT2D eigenvalue weighted by Gasteiger charge is 2.20. The molecule has 0 radical (unpaired) electrons. The maximum absolute atomic E-state index is 11.3. The Morgan fingerprint density at radius 1 is 1.22 bits per heavy atom. The molecule has 1 fully saturated rings. The predicted molar refractivity (Wildman–Crippen MR) is 87.8 cm³/mol. The number of rotatable bonds is 6. The molecule has 1 aliphatic heterocycles. The van der Waals surface area contributed by atoms with Crippen molar-refractivity contribution in [1.29, 1.82) is 0 Å². The minimum absolute atomic E-state index is 0.132. The van der Waals surface area contributed by atoms with Crippen LogP contribution in [0.2, 0.25) is 0 Å². The molecule has 1 aliphatic rings.